The Kier molecular flexibility index (Phi) is 6.49. The second-order valence-corrected chi connectivity index (χ2v) is 7.05. The zero-order valence-electron chi connectivity index (χ0n) is 16.6. The quantitative estimate of drug-likeness (QED) is 0.814. The van der Waals surface area contributed by atoms with Crippen molar-refractivity contribution >= 4 is 29.1 Å². The molecule has 0 aromatic heterocycles. The van der Waals surface area contributed by atoms with Gasteiger partial charge in [-0.1, -0.05) is 6.07 Å². The molecule has 0 atom stereocenters. The zero-order chi connectivity index (χ0) is 20.8. The zero-order valence-corrected chi connectivity index (χ0v) is 16.6. The van der Waals surface area contributed by atoms with Crippen LogP contribution in [0.25, 0.3) is 0 Å². The van der Waals surface area contributed by atoms with Gasteiger partial charge in [-0.05, 0) is 55.3 Å². The number of nitrogens with one attached hydrogen (secondary N) is 2. The normalized spacial score (nSPS) is 14.2. The molecule has 2 aromatic carbocycles. The van der Waals surface area contributed by atoms with Gasteiger partial charge in [-0.25, -0.2) is 0 Å². The number of methoxy groups -OCH3 is 1. The predicted molar refractivity (Wildman–Crippen MR) is 111 cm³/mol. The third kappa shape index (κ3) is 5.34. The molecule has 7 nitrogen and oxygen atoms in total. The Morgan fingerprint density at radius 1 is 0.966 bits per heavy atom. The van der Waals surface area contributed by atoms with Gasteiger partial charge in [0.25, 0.3) is 5.91 Å². The molecule has 1 aliphatic heterocycles. The molecule has 3 amide bonds. The van der Waals surface area contributed by atoms with Gasteiger partial charge in [-0.3, -0.25) is 14.4 Å². The largest absolute Gasteiger partial charge is 0.497 e. The fourth-order valence-electron chi connectivity index (χ4n) is 3.38. The monoisotopic (exact) mass is 395 g/mol. The van der Waals surface area contributed by atoms with Crippen LogP contribution in [0.3, 0.4) is 0 Å². The van der Waals surface area contributed by atoms with Crippen molar-refractivity contribution in [1.82, 2.24) is 4.90 Å². The lowest BCUT2D eigenvalue weighted by Crippen LogP contribution is -2.41. The van der Waals surface area contributed by atoms with E-state index < -0.39 is 0 Å². The number of carbonyl (C=O) groups is 3. The number of hydrogen-bond acceptors (Lipinski definition) is 4. The lowest BCUT2D eigenvalue weighted by atomic mass is 9.95. The van der Waals surface area contributed by atoms with Gasteiger partial charge in [0.1, 0.15) is 5.75 Å². The van der Waals surface area contributed by atoms with Gasteiger partial charge in [0.05, 0.1) is 7.11 Å². The Labute approximate surface area is 170 Å². The van der Waals surface area contributed by atoms with Crippen molar-refractivity contribution in [3.63, 3.8) is 0 Å². The first kappa shape index (κ1) is 20.4. The van der Waals surface area contributed by atoms with Crippen LogP contribution in [0.1, 0.15) is 30.1 Å². The highest BCUT2D eigenvalue weighted by Gasteiger charge is 2.28. The summed E-state index contributed by atoms with van der Waals surface area (Å²) in [4.78, 5) is 38.2. The molecule has 3 rings (SSSR count). The first-order valence-electron chi connectivity index (χ1n) is 9.58. The van der Waals surface area contributed by atoms with Crippen LogP contribution in [0, 0.1) is 5.92 Å². The molecule has 0 bridgehead atoms. The summed E-state index contributed by atoms with van der Waals surface area (Å²) in [6.07, 6.45) is 1.22. The van der Waals surface area contributed by atoms with E-state index in [1.54, 1.807) is 60.5 Å². The molecule has 0 unspecified atom stereocenters. The number of ether oxygens (including phenoxy) is 1. The lowest BCUT2D eigenvalue weighted by molar-refractivity contribution is -0.121. The molecule has 2 N–H and O–H groups in total. The molecule has 0 aliphatic carbocycles. The minimum absolute atomic E-state index is 0.0329. The minimum Gasteiger partial charge on any atom is -0.497 e. The van der Waals surface area contributed by atoms with Gasteiger partial charge in [-0.2, -0.15) is 0 Å². The van der Waals surface area contributed by atoms with Crippen LogP contribution in [-0.2, 0) is 9.59 Å². The summed E-state index contributed by atoms with van der Waals surface area (Å²) in [6.45, 7) is 2.51. The van der Waals surface area contributed by atoms with E-state index in [1.165, 1.54) is 6.92 Å². The first-order valence-corrected chi connectivity index (χ1v) is 9.58. The fraction of sp³-hybridized carbons (Fsp3) is 0.318. The molecule has 1 aliphatic rings. The maximum Gasteiger partial charge on any atom is 0.253 e. The van der Waals surface area contributed by atoms with E-state index in [0.717, 1.165) is 0 Å². The molecule has 29 heavy (non-hydrogen) atoms. The van der Waals surface area contributed by atoms with Gasteiger partial charge in [0, 0.05) is 42.9 Å². The van der Waals surface area contributed by atoms with Crippen LogP contribution in [0.2, 0.25) is 0 Å². The number of hydrogen-bond donors (Lipinski definition) is 2. The summed E-state index contributed by atoms with van der Waals surface area (Å²) in [5.41, 5.74) is 1.89. The van der Waals surface area contributed by atoms with Crippen molar-refractivity contribution in [2.75, 3.05) is 30.8 Å². The molecular formula is C22H25N3O4. The van der Waals surface area contributed by atoms with Gasteiger partial charge in [0.2, 0.25) is 11.8 Å². The van der Waals surface area contributed by atoms with Gasteiger partial charge >= 0.3 is 0 Å². The van der Waals surface area contributed by atoms with E-state index in [2.05, 4.69) is 10.6 Å². The van der Waals surface area contributed by atoms with Crippen molar-refractivity contribution < 1.29 is 19.1 Å². The Morgan fingerprint density at radius 3 is 2.17 bits per heavy atom. The van der Waals surface area contributed by atoms with E-state index >= 15 is 0 Å². The number of likely N-dealkylation sites (tertiary alicyclic amines) is 1. The van der Waals surface area contributed by atoms with Crippen LogP contribution in [0.4, 0.5) is 11.4 Å². The average molecular weight is 395 g/mol. The van der Waals surface area contributed by atoms with Crippen LogP contribution < -0.4 is 15.4 Å². The lowest BCUT2D eigenvalue weighted by Gasteiger charge is -2.31. The fourth-order valence-corrected chi connectivity index (χ4v) is 3.38. The Bertz CT molecular complexity index is 887. The Balaban J connectivity index is 1.54. The summed E-state index contributed by atoms with van der Waals surface area (Å²) in [6, 6.07) is 14.1. The summed E-state index contributed by atoms with van der Waals surface area (Å²) in [5, 5.41) is 5.60. The predicted octanol–water partition coefficient (Wildman–Crippen LogP) is 3.14. The second-order valence-electron chi connectivity index (χ2n) is 7.05. The van der Waals surface area contributed by atoms with E-state index in [1.807, 2.05) is 0 Å². The molecule has 1 fully saturated rings. The van der Waals surface area contributed by atoms with E-state index in [4.69, 9.17) is 4.74 Å². The molecule has 1 heterocycles. The molecule has 7 heteroatoms. The Morgan fingerprint density at radius 2 is 1.59 bits per heavy atom. The SMILES string of the molecule is COc1ccc(C(=O)N2CCC(C(=O)Nc3cccc(NC(C)=O)c3)CC2)cc1. The number of piperidine rings is 1. The van der Waals surface area contributed by atoms with Crippen molar-refractivity contribution in [3.05, 3.63) is 54.1 Å². The maximum atomic E-state index is 12.6. The maximum absolute atomic E-state index is 12.6. The van der Waals surface area contributed by atoms with Crippen LogP contribution >= 0.6 is 0 Å². The van der Waals surface area contributed by atoms with Gasteiger partial charge in [-0.15, -0.1) is 0 Å². The van der Waals surface area contributed by atoms with Crippen LogP contribution in [0.5, 0.6) is 5.75 Å². The number of nitrogens with zero attached hydrogens (tertiary/aromatic N) is 1. The van der Waals surface area contributed by atoms with Crippen molar-refractivity contribution in [3.8, 4) is 5.75 Å². The summed E-state index contributed by atoms with van der Waals surface area (Å²) >= 11 is 0. The van der Waals surface area contributed by atoms with E-state index in [0.29, 0.717) is 48.6 Å². The van der Waals surface area contributed by atoms with Crippen LogP contribution in [0.15, 0.2) is 48.5 Å². The highest BCUT2D eigenvalue weighted by molar-refractivity contribution is 5.96. The number of carbonyl (C=O) groups excluding carboxylic acids is 3. The summed E-state index contributed by atoms with van der Waals surface area (Å²) < 4.78 is 5.12. The van der Waals surface area contributed by atoms with Crippen molar-refractivity contribution in [2.45, 2.75) is 19.8 Å². The van der Waals surface area contributed by atoms with Gasteiger partial charge < -0.3 is 20.3 Å². The molecule has 0 saturated carbocycles. The van der Waals surface area contributed by atoms with E-state index in [9.17, 15) is 14.4 Å². The number of rotatable bonds is 5. The Hall–Kier alpha value is -3.35. The molecule has 0 radical (unpaired) electrons. The summed E-state index contributed by atoms with van der Waals surface area (Å²) in [7, 11) is 1.59. The standard InChI is InChI=1S/C22H25N3O4/c1-15(26)23-18-4-3-5-19(14-18)24-21(27)16-10-12-25(13-11-16)22(28)17-6-8-20(29-2)9-7-17/h3-9,14,16H,10-13H2,1-2H3,(H,23,26)(H,24,27). The molecule has 0 spiro atoms. The molecule has 2 aromatic rings. The minimum atomic E-state index is -0.164. The third-order valence-electron chi connectivity index (χ3n) is 4.94. The smallest absolute Gasteiger partial charge is 0.253 e. The number of amides is 3. The summed E-state index contributed by atoms with van der Waals surface area (Å²) in [5.74, 6) is 0.289. The second kappa shape index (κ2) is 9.23. The molecular weight excluding hydrogens is 370 g/mol. The topological polar surface area (TPSA) is 87.7 Å². The third-order valence-corrected chi connectivity index (χ3v) is 4.94. The number of benzene rings is 2. The molecule has 152 valence electrons. The van der Waals surface area contributed by atoms with Gasteiger partial charge in [0.15, 0.2) is 0 Å². The highest BCUT2D eigenvalue weighted by Crippen LogP contribution is 2.23. The molecule has 1 saturated heterocycles. The van der Waals surface area contributed by atoms with Crippen LogP contribution in [-0.4, -0.2) is 42.8 Å². The van der Waals surface area contributed by atoms with Crippen molar-refractivity contribution in [1.29, 1.82) is 0 Å². The van der Waals surface area contributed by atoms with Crippen molar-refractivity contribution in [2.24, 2.45) is 5.92 Å². The average Bonchev–Trinajstić information content (AvgIpc) is 2.73. The highest BCUT2D eigenvalue weighted by atomic mass is 16.5. The van der Waals surface area contributed by atoms with E-state index in [-0.39, 0.29) is 23.6 Å². The first-order chi connectivity index (χ1) is 14.0. The number of anilines is 2.